The smallest absolute Gasteiger partial charge is 0.211 e. The van der Waals surface area contributed by atoms with Crippen molar-refractivity contribution in [2.75, 3.05) is 0 Å². The molecule has 0 radical (unpaired) electrons. The lowest BCUT2D eigenvalue weighted by Gasteiger charge is -2.20. The fourth-order valence-corrected chi connectivity index (χ4v) is 1.58. The number of aryl methyl sites for hydroxylation is 1. The normalized spacial score (nSPS) is 10.9. The Labute approximate surface area is 82.5 Å². The zero-order valence-electron chi connectivity index (χ0n) is 8.47. The summed E-state index contributed by atoms with van der Waals surface area (Å²) in [5.74, 6) is -0.339. The van der Waals surface area contributed by atoms with Gasteiger partial charge in [0.05, 0.1) is 5.54 Å². The first-order valence-corrected chi connectivity index (χ1v) is 4.33. The van der Waals surface area contributed by atoms with E-state index in [1.165, 1.54) is 12.1 Å². The zero-order valence-corrected chi connectivity index (χ0v) is 8.47. The number of benzene rings is 1. The highest BCUT2D eigenvalue weighted by Gasteiger charge is 2.25. The number of nitrogens with zero attached hydrogens (tertiary/aromatic N) is 1. The van der Waals surface area contributed by atoms with Gasteiger partial charge in [0.1, 0.15) is 5.82 Å². The molecular weight excluding hydrogens is 181 g/mol. The van der Waals surface area contributed by atoms with Gasteiger partial charge in [0.25, 0.3) is 0 Å². The van der Waals surface area contributed by atoms with Gasteiger partial charge in [-0.25, -0.2) is 9.18 Å². The van der Waals surface area contributed by atoms with Crippen LogP contribution in [-0.2, 0) is 10.3 Å². The highest BCUT2D eigenvalue weighted by molar-refractivity contribution is 5.40. The molecule has 0 aliphatic carbocycles. The lowest BCUT2D eigenvalue weighted by atomic mass is 9.91. The van der Waals surface area contributed by atoms with Crippen LogP contribution in [0.1, 0.15) is 25.0 Å². The first-order valence-electron chi connectivity index (χ1n) is 4.33. The fourth-order valence-electron chi connectivity index (χ4n) is 1.58. The average Bonchev–Trinajstić information content (AvgIpc) is 2.02. The second-order valence-corrected chi connectivity index (χ2v) is 3.69. The molecule has 0 fully saturated rings. The van der Waals surface area contributed by atoms with Crippen LogP contribution in [0.15, 0.2) is 23.2 Å². The molecule has 14 heavy (non-hydrogen) atoms. The molecule has 0 aliphatic rings. The Morgan fingerprint density at radius 1 is 1.43 bits per heavy atom. The molecule has 1 rings (SSSR count). The van der Waals surface area contributed by atoms with Crippen LogP contribution in [0.4, 0.5) is 4.39 Å². The summed E-state index contributed by atoms with van der Waals surface area (Å²) in [6.07, 6.45) is 1.47. The molecule has 74 valence electrons. The molecule has 0 saturated heterocycles. The lowest BCUT2D eigenvalue weighted by Crippen LogP contribution is -2.17. The molecule has 0 spiro atoms. The molecule has 0 heterocycles. The molecule has 0 amide bonds. The molecule has 0 unspecified atom stereocenters. The Kier molecular flexibility index (Phi) is 2.82. The third kappa shape index (κ3) is 1.88. The van der Waals surface area contributed by atoms with Gasteiger partial charge in [-0.15, -0.1) is 0 Å². The minimum atomic E-state index is -0.850. The van der Waals surface area contributed by atoms with Crippen molar-refractivity contribution in [1.82, 2.24) is 0 Å². The van der Waals surface area contributed by atoms with Gasteiger partial charge in [-0.1, -0.05) is 12.1 Å². The monoisotopic (exact) mass is 193 g/mol. The second kappa shape index (κ2) is 3.72. The van der Waals surface area contributed by atoms with E-state index >= 15 is 0 Å². The van der Waals surface area contributed by atoms with Gasteiger partial charge in [-0.05, 0) is 32.4 Å². The highest BCUT2D eigenvalue weighted by Crippen LogP contribution is 2.29. The molecule has 0 aromatic heterocycles. The van der Waals surface area contributed by atoms with Gasteiger partial charge in [0, 0.05) is 5.56 Å². The summed E-state index contributed by atoms with van der Waals surface area (Å²) in [6.45, 7) is 5.16. The SMILES string of the molecule is Cc1cccc(F)c1C(C)(C)N=C=O. The minimum absolute atomic E-state index is 0.339. The maximum atomic E-state index is 13.5. The Morgan fingerprint density at radius 3 is 2.57 bits per heavy atom. The van der Waals surface area contributed by atoms with E-state index in [0.29, 0.717) is 5.56 Å². The van der Waals surface area contributed by atoms with E-state index in [1.807, 2.05) is 0 Å². The van der Waals surface area contributed by atoms with E-state index < -0.39 is 5.54 Å². The standard InChI is InChI=1S/C11H12FNO/c1-8-5-4-6-9(12)10(8)11(2,3)13-7-14/h4-6H,1-3H3. The first kappa shape index (κ1) is 10.6. The minimum Gasteiger partial charge on any atom is -0.211 e. The largest absolute Gasteiger partial charge is 0.235 e. The number of halogens is 1. The van der Waals surface area contributed by atoms with Crippen molar-refractivity contribution in [2.45, 2.75) is 26.3 Å². The molecule has 0 saturated carbocycles. The van der Waals surface area contributed by atoms with Gasteiger partial charge >= 0.3 is 0 Å². The summed E-state index contributed by atoms with van der Waals surface area (Å²) in [4.78, 5) is 13.8. The van der Waals surface area contributed by atoms with Crippen molar-refractivity contribution in [1.29, 1.82) is 0 Å². The summed E-state index contributed by atoms with van der Waals surface area (Å²) in [7, 11) is 0. The Hall–Kier alpha value is -1.47. The van der Waals surface area contributed by atoms with E-state index in [-0.39, 0.29) is 5.82 Å². The fraction of sp³-hybridized carbons (Fsp3) is 0.364. The maximum absolute atomic E-state index is 13.5. The van der Waals surface area contributed by atoms with Crippen LogP contribution in [0.25, 0.3) is 0 Å². The topological polar surface area (TPSA) is 29.4 Å². The molecule has 1 aromatic carbocycles. The number of hydrogen-bond donors (Lipinski definition) is 0. The van der Waals surface area contributed by atoms with E-state index in [4.69, 9.17) is 0 Å². The predicted octanol–water partition coefficient (Wildman–Crippen LogP) is 2.71. The van der Waals surface area contributed by atoms with E-state index in [0.717, 1.165) is 5.56 Å². The van der Waals surface area contributed by atoms with Crippen molar-refractivity contribution in [3.63, 3.8) is 0 Å². The summed E-state index contributed by atoms with van der Waals surface area (Å²) in [6, 6.07) is 4.79. The molecule has 0 bridgehead atoms. The van der Waals surface area contributed by atoms with Crippen molar-refractivity contribution >= 4 is 6.08 Å². The molecule has 0 aliphatic heterocycles. The Balaban J connectivity index is 3.37. The highest BCUT2D eigenvalue weighted by atomic mass is 19.1. The third-order valence-corrected chi connectivity index (χ3v) is 2.16. The van der Waals surface area contributed by atoms with Crippen LogP contribution in [0, 0.1) is 12.7 Å². The second-order valence-electron chi connectivity index (χ2n) is 3.69. The number of hydrogen-bond acceptors (Lipinski definition) is 2. The van der Waals surface area contributed by atoms with E-state index in [9.17, 15) is 9.18 Å². The van der Waals surface area contributed by atoms with Crippen molar-refractivity contribution in [3.05, 3.63) is 35.1 Å². The van der Waals surface area contributed by atoms with Crippen molar-refractivity contribution < 1.29 is 9.18 Å². The first-order chi connectivity index (χ1) is 6.49. The summed E-state index contributed by atoms with van der Waals surface area (Å²) in [5, 5.41) is 0. The number of carbonyl (C=O) groups excluding carboxylic acids is 1. The van der Waals surface area contributed by atoms with Crippen LogP contribution < -0.4 is 0 Å². The van der Waals surface area contributed by atoms with E-state index in [1.54, 1.807) is 32.9 Å². The van der Waals surface area contributed by atoms with Crippen molar-refractivity contribution in [3.8, 4) is 0 Å². The molecule has 0 atom stereocenters. The van der Waals surface area contributed by atoms with Crippen LogP contribution in [0.2, 0.25) is 0 Å². The van der Waals surface area contributed by atoms with Crippen LogP contribution in [0.3, 0.4) is 0 Å². The number of isocyanates is 1. The predicted molar refractivity (Wildman–Crippen MR) is 52.3 cm³/mol. The summed E-state index contributed by atoms with van der Waals surface area (Å²) >= 11 is 0. The van der Waals surface area contributed by atoms with Crippen LogP contribution in [-0.4, -0.2) is 6.08 Å². The summed E-state index contributed by atoms with van der Waals surface area (Å²) < 4.78 is 13.5. The van der Waals surface area contributed by atoms with Gasteiger partial charge in [-0.3, -0.25) is 0 Å². The molecule has 1 aromatic rings. The van der Waals surface area contributed by atoms with Crippen LogP contribution in [0.5, 0.6) is 0 Å². The third-order valence-electron chi connectivity index (χ3n) is 2.16. The van der Waals surface area contributed by atoms with Gasteiger partial charge in [0.2, 0.25) is 6.08 Å². The van der Waals surface area contributed by atoms with Crippen molar-refractivity contribution in [2.24, 2.45) is 4.99 Å². The molecular formula is C11H12FNO. The zero-order chi connectivity index (χ0) is 10.8. The van der Waals surface area contributed by atoms with E-state index in [2.05, 4.69) is 4.99 Å². The molecule has 3 heteroatoms. The molecule has 2 nitrogen and oxygen atoms in total. The Bertz CT molecular complexity index is 372. The number of rotatable bonds is 2. The van der Waals surface area contributed by atoms with Gasteiger partial charge < -0.3 is 0 Å². The van der Waals surface area contributed by atoms with Gasteiger partial charge in [-0.2, -0.15) is 4.99 Å². The van der Waals surface area contributed by atoms with Crippen LogP contribution >= 0.6 is 0 Å². The number of aliphatic imine (C=N–C) groups is 1. The maximum Gasteiger partial charge on any atom is 0.235 e. The lowest BCUT2D eigenvalue weighted by molar-refractivity contribution is 0.489. The average molecular weight is 193 g/mol. The Morgan fingerprint density at radius 2 is 2.07 bits per heavy atom. The molecule has 0 N–H and O–H groups in total. The van der Waals surface area contributed by atoms with Gasteiger partial charge in [0.15, 0.2) is 0 Å². The quantitative estimate of drug-likeness (QED) is 0.524. The summed E-state index contributed by atoms with van der Waals surface area (Å²) in [5.41, 5.74) is 0.384.